The fraction of sp³-hybridized carbons (Fsp3) is 0.692. The molecule has 0 aliphatic carbocycles. The summed E-state index contributed by atoms with van der Waals surface area (Å²) in [7, 11) is 0. The third-order valence-electron chi connectivity index (χ3n) is 3.60. The normalized spacial score (nSPS) is 17.4. The minimum atomic E-state index is -1.08. The minimum absolute atomic E-state index is 0.0941. The van der Waals surface area contributed by atoms with Crippen LogP contribution in [-0.2, 0) is 17.6 Å². The van der Waals surface area contributed by atoms with Crippen LogP contribution in [0.3, 0.4) is 0 Å². The van der Waals surface area contributed by atoms with Crippen molar-refractivity contribution in [1.82, 2.24) is 9.88 Å². The quantitative estimate of drug-likeness (QED) is 0.567. The molecule has 7 heteroatoms. The first-order valence-corrected chi connectivity index (χ1v) is 7.85. The van der Waals surface area contributed by atoms with Crippen molar-refractivity contribution < 1.29 is 19.9 Å². The summed E-state index contributed by atoms with van der Waals surface area (Å²) >= 11 is 1.53. The number of quaternary nitrogens is 1. The van der Waals surface area contributed by atoms with Gasteiger partial charge in [-0.05, 0) is 0 Å². The molecule has 0 saturated carbocycles. The molecule has 1 saturated heterocycles. The van der Waals surface area contributed by atoms with Crippen molar-refractivity contribution in [2.75, 3.05) is 45.9 Å². The number of β-amino-alcohol motifs (C(OH)–C–C–N with tert-alkyl or cyclic N) is 1. The van der Waals surface area contributed by atoms with Gasteiger partial charge in [-0.3, -0.25) is 4.90 Å². The SMILES string of the molecule is O=C([O-])Cc1csc(CC[NH+]2CCN(CCO)CC2)n1. The molecule has 1 aliphatic rings. The second kappa shape index (κ2) is 7.68. The molecular weight excluding hydrogens is 278 g/mol. The highest BCUT2D eigenvalue weighted by molar-refractivity contribution is 7.09. The van der Waals surface area contributed by atoms with Crippen molar-refractivity contribution in [3.05, 3.63) is 16.1 Å². The van der Waals surface area contributed by atoms with Crippen LogP contribution in [0.15, 0.2) is 5.38 Å². The van der Waals surface area contributed by atoms with E-state index in [1.807, 2.05) is 0 Å². The number of carbonyl (C=O) groups excluding carboxylic acids is 1. The first-order chi connectivity index (χ1) is 9.67. The van der Waals surface area contributed by atoms with Gasteiger partial charge in [0.25, 0.3) is 0 Å². The smallest absolute Gasteiger partial charge is 0.0984 e. The first kappa shape index (κ1) is 15.4. The maximum atomic E-state index is 10.5. The molecule has 112 valence electrons. The number of aliphatic hydroxyl groups is 1. The number of carboxylic acid groups (broad SMARTS) is 1. The van der Waals surface area contributed by atoms with Crippen molar-refractivity contribution in [3.8, 4) is 0 Å². The van der Waals surface area contributed by atoms with E-state index in [0.29, 0.717) is 5.69 Å². The molecule has 0 amide bonds. The lowest BCUT2D eigenvalue weighted by Crippen LogP contribution is -3.15. The molecule has 0 spiro atoms. The second-order valence-electron chi connectivity index (χ2n) is 5.10. The maximum absolute atomic E-state index is 10.5. The Kier molecular flexibility index (Phi) is 5.90. The van der Waals surface area contributed by atoms with Crippen LogP contribution in [0.2, 0.25) is 0 Å². The summed E-state index contributed by atoms with van der Waals surface area (Å²) in [5.41, 5.74) is 0.604. The number of aliphatic hydroxyl groups excluding tert-OH is 1. The molecule has 2 heterocycles. The van der Waals surface area contributed by atoms with Crippen LogP contribution >= 0.6 is 11.3 Å². The van der Waals surface area contributed by atoms with Crippen molar-refractivity contribution in [3.63, 3.8) is 0 Å². The van der Waals surface area contributed by atoms with Crippen molar-refractivity contribution in [2.45, 2.75) is 12.8 Å². The monoisotopic (exact) mass is 299 g/mol. The van der Waals surface area contributed by atoms with E-state index in [9.17, 15) is 9.90 Å². The van der Waals surface area contributed by atoms with Gasteiger partial charge in [-0.15, -0.1) is 11.3 Å². The second-order valence-corrected chi connectivity index (χ2v) is 6.04. The molecule has 2 N–H and O–H groups in total. The van der Waals surface area contributed by atoms with E-state index in [4.69, 9.17) is 5.11 Å². The van der Waals surface area contributed by atoms with E-state index < -0.39 is 5.97 Å². The van der Waals surface area contributed by atoms with Gasteiger partial charge in [-0.1, -0.05) is 0 Å². The van der Waals surface area contributed by atoms with Gasteiger partial charge in [0.2, 0.25) is 0 Å². The van der Waals surface area contributed by atoms with Crippen molar-refractivity contribution in [1.29, 1.82) is 0 Å². The third-order valence-corrected chi connectivity index (χ3v) is 4.55. The zero-order chi connectivity index (χ0) is 14.4. The number of aliphatic carboxylic acids is 1. The topological polar surface area (TPSA) is 80.9 Å². The van der Waals surface area contributed by atoms with Gasteiger partial charge < -0.3 is 19.9 Å². The number of piperazine rings is 1. The number of carboxylic acids is 1. The summed E-state index contributed by atoms with van der Waals surface area (Å²) in [6, 6.07) is 0. The van der Waals surface area contributed by atoms with Gasteiger partial charge >= 0.3 is 0 Å². The molecule has 0 aromatic carbocycles. The van der Waals surface area contributed by atoms with Gasteiger partial charge in [-0.2, -0.15) is 0 Å². The van der Waals surface area contributed by atoms with Crippen LogP contribution in [0, 0.1) is 0 Å². The maximum Gasteiger partial charge on any atom is 0.0984 e. The average molecular weight is 299 g/mol. The van der Waals surface area contributed by atoms with Gasteiger partial charge in [0.05, 0.1) is 36.9 Å². The molecule has 0 atom stereocenters. The molecular formula is C13H21N3O3S. The van der Waals surface area contributed by atoms with E-state index in [2.05, 4.69) is 9.88 Å². The molecule has 0 radical (unpaired) electrons. The Balaban J connectivity index is 1.70. The molecule has 1 aromatic rings. The highest BCUT2D eigenvalue weighted by Gasteiger charge is 2.19. The van der Waals surface area contributed by atoms with Crippen molar-refractivity contribution in [2.24, 2.45) is 0 Å². The number of carbonyl (C=O) groups is 1. The summed E-state index contributed by atoms with van der Waals surface area (Å²) in [6.45, 7) is 6.29. The van der Waals surface area contributed by atoms with Crippen LogP contribution in [0.1, 0.15) is 10.7 Å². The minimum Gasteiger partial charge on any atom is -0.550 e. The molecule has 2 rings (SSSR count). The zero-order valence-corrected chi connectivity index (χ0v) is 12.3. The Bertz CT molecular complexity index is 430. The number of nitrogens with zero attached hydrogens (tertiary/aromatic N) is 2. The summed E-state index contributed by atoms with van der Waals surface area (Å²) in [5.74, 6) is -1.08. The Morgan fingerprint density at radius 3 is 2.90 bits per heavy atom. The largest absolute Gasteiger partial charge is 0.550 e. The fourth-order valence-electron chi connectivity index (χ4n) is 2.46. The van der Waals surface area contributed by atoms with Crippen molar-refractivity contribution >= 4 is 17.3 Å². The highest BCUT2D eigenvalue weighted by Crippen LogP contribution is 2.10. The Hall–Kier alpha value is -1.02. The predicted octanol–water partition coefficient (Wildman–Crippen LogP) is -2.83. The van der Waals surface area contributed by atoms with Crippen LogP contribution in [0.4, 0.5) is 0 Å². The fourth-order valence-corrected chi connectivity index (χ4v) is 3.26. The van der Waals surface area contributed by atoms with Crippen LogP contribution < -0.4 is 10.0 Å². The summed E-state index contributed by atoms with van der Waals surface area (Å²) in [6.07, 6.45) is 0.802. The van der Waals surface area contributed by atoms with Crippen LogP contribution in [0.5, 0.6) is 0 Å². The third kappa shape index (κ3) is 4.82. The predicted molar refractivity (Wildman–Crippen MR) is 73.6 cm³/mol. The number of hydrogen-bond donors (Lipinski definition) is 2. The lowest BCUT2D eigenvalue weighted by Gasteiger charge is -2.31. The van der Waals surface area contributed by atoms with Gasteiger partial charge in [0.1, 0.15) is 0 Å². The lowest BCUT2D eigenvalue weighted by atomic mass is 10.3. The first-order valence-electron chi connectivity index (χ1n) is 6.97. The summed E-state index contributed by atoms with van der Waals surface area (Å²) < 4.78 is 0. The van der Waals surface area contributed by atoms with Crippen LogP contribution in [-0.4, -0.2) is 66.8 Å². The summed E-state index contributed by atoms with van der Waals surface area (Å²) in [5, 5.41) is 22.2. The molecule has 0 unspecified atom stereocenters. The Labute approximate surface area is 122 Å². The van der Waals surface area contributed by atoms with E-state index in [1.54, 1.807) is 10.3 Å². The molecule has 0 bridgehead atoms. The van der Waals surface area contributed by atoms with E-state index in [1.165, 1.54) is 11.3 Å². The average Bonchev–Trinajstić information content (AvgIpc) is 2.85. The number of thiazole rings is 1. The molecule has 6 nitrogen and oxygen atoms in total. The van der Waals surface area contributed by atoms with Gasteiger partial charge in [0.15, 0.2) is 0 Å². The Morgan fingerprint density at radius 2 is 2.25 bits per heavy atom. The number of hydrogen-bond acceptors (Lipinski definition) is 6. The number of rotatable bonds is 7. The number of nitrogens with one attached hydrogen (secondary N) is 1. The van der Waals surface area contributed by atoms with Gasteiger partial charge in [0, 0.05) is 43.8 Å². The standard InChI is InChI=1S/C13H21N3O3S/c17-8-7-16-5-3-15(4-6-16)2-1-12-14-11(10-20-12)9-13(18)19/h10,17H,1-9H2,(H,18,19). The molecule has 1 aliphatic heterocycles. The zero-order valence-electron chi connectivity index (χ0n) is 11.5. The van der Waals surface area contributed by atoms with Gasteiger partial charge in [-0.25, -0.2) is 4.98 Å². The Morgan fingerprint density at radius 1 is 1.50 bits per heavy atom. The lowest BCUT2D eigenvalue weighted by molar-refractivity contribution is -0.904. The number of aromatic nitrogens is 1. The van der Waals surface area contributed by atoms with E-state index in [-0.39, 0.29) is 13.0 Å². The van der Waals surface area contributed by atoms with Crippen LogP contribution in [0.25, 0.3) is 0 Å². The molecule has 1 aromatic heterocycles. The summed E-state index contributed by atoms with van der Waals surface area (Å²) in [4.78, 5) is 18.6. The van der Waals surface area contributed by atoms with E-state index >= 15 is 0 Å². The highest BCUT2D eigenvalue weighted by atomic mass is 32.1. The molecule has 20 heavy (non-hydrogen) atoms. The molecule has 1 fully saturated rings. The van der Waals surface area contributed by atoms with E-state index in [0.717, 1.165) is 50.7 Å².